The molecule has 0 amide bonds. The van der Waals surface area contributed by atoms with Gasteiger partial charge < -0.3 is 0 Å². The summed E-state index contributed by atoms with van der Waals surface area (Å²) in [5.74, 6) is 0. The molecule has 0 aliphatic heterocycles. The van der Waals surface area contributed by atoms with Gasteiger partial charge in [0.1, 0.15) is 0 Å². The number of hydrogen-bond acceptors (Lipinski definition) is 1. The molecule has 0 nitrogen and oxygen atoms in total. The zero-order valence-corrected chi connectivity index (χ0v) is 12.8. The average Bonchev–Trinajstić information content (AvgIpc) is 0.650. The second-order valence-corrected chi connectivity index (χ2v) is 70.0. The average molecular weight is 572 g/mol. The van der Waals surface area contributed by atoms with E-state index in [9.17, 15) is 0 Å². The number of rotatable bonds is 0. The molecular formula is HI4PS. The molecule has 0 saturated carbocycles. The monoisotopic (exact) mass is 572 g/mol. The molecule has 40 valence electrons. The fraction of sp³-hybridized carbons (Fsp3) is 0. The van der Waals surface area contributed by atoms with Crippen LogP contribution < -0.4 is 0 Å². The first-order valence-corrected chi connectivity index (χ1v) is 15.4. The third-order valence-electron chi connectivity index (χ3n) is 0. The molecule has 0 unspecified atom stereocenters. The first-order chi connectivity index (χ1) is 2.24. The van der Waals surface area contributed by atoms with Gasteiger partial charge in [-0.1, -0.05) is 0 Å². The van der Waals surface area contributed by atoms with E-state index in [0.29, 0.717) is 0 Å². The third-order valence-corrected chi connectivity index (χ3v) is 0. The zero-order valence-electron chi connectivity index (χ0n) is 2.41. The van der Waals surface area contributed by atoms with Gasteiger partial charge in [-0.15, -0.1) is 0 Å². The third kappa shape index (κ3) is 25.2. The first-order valence-electron chi connectivity index (χ1n) is 0.876. The van der Waals surface area contributed by atoms with Crippen LogP contribution in [0.25, 0.3) is 0 Å². The zero-order chi connectivity index (χ0) is 5.45. The molecule has 0 spiro atoms. The van der Waals surface area contributed by atoms with Crippen molar-refractivity contribution in [2.45, 2.75) is 0 Å². The van der Waals surface area contributed by atoms with Gasteiger partial charge in [0.15, 0.2) is 0 Å². The van der Waals surface area contributed by atoms with E-state index in [0.717, 1.165) is 0 Å². The van der Waals surface area contributed by atoms with Crippen LogP contribution in [-0.4, -0.2) is 0 Å². The van der Waals surface area contributed by atoms with E-state index in [2.05, 4.69) is 100 Å². The molecule has 0 N–H and O–H groups in total. The predicted octanol–water partition coefficient (Wildman–Crippen LogP) is 4.78. The van der Waals surface area contributed by atoms with E-state index < -0.39 is -3.62 Å². The Morgan fingerprint density at radius 3 is 1.00 bits per heavy atom. The van der Waals surface area contributed by atoms with Gasteiger partial charge in [0.2, 0.25) is 0 Å². The topological polar surface area (TPSA) is 0 Å². The molecule has 0 fully saturated rings. The van der Waals surface area contributed by atoms with E-state index >= 15 is 0 Å². The molecule has 0 aliphatic carbocycles. The minimum atomic E-state index is -1.48. The van der Waals surface area contributed by atoms with Crippen LogP contribution in [0.1, 0.15) is 0 Å². The van der Waals surface area contributed by atoms with Gasteiger partial charge in [-0.05, 0) is 0 Å². The van der Waals surface area contributed by atoms with Crippen LogP contribution in [0.2, 0.25) is 0 Å². The summed E-state index contributed by atoms with van der Waals surface area (Å²) < 4.78 is -1.48. The van der Waals surface area contributed by atoms with E-state index in [1.807, 2.05) is 0 Å². The molecule has 0 atom stereocenters. The maximum absolute atomic E-state index is 4.36. The summed E-state index contributed by atoms with van der Waals surface area (Å²) in [7, 11) is 0. The second-order valence-electron chi connectivity index (χ2n) is 0.686. The molecule has 6 heteroatoms. The summed E-state index contributed by atoms with van der Waals surface area (Å²) in [5.41, 5.74) is 0. The van der Waals surface area contributed by atoms with Crippen molar-refractivity contribution in [1.82, 2.24) is 0 Å². The standard InChI is InChI=1S/HI4PS/c1-5(2,3,4)6/h6H. The van der Waals surface area contributed by atoms with Crippen molar-refractivity contribution in [2.24, 2.45) is 0 Å². The SMILES string of the molecule is SP(I)(I)(I)I. The van der Waals surface area contributed by atoms with Gasteiger partial charge in [-0.3, -0.25) is 0 Å². The Bertz CT molecular complexity index is 40.7. The predicted molar refractivity (Wildman–Crippen MR) is 72.0 cm³/mol. The van der Waals surface area contributed by atoms with Gasteiger partial charge >= 0.3 is 96.8 Å². The van der Waals surface area contributed by atoms with Crippen LogP contribution in [0.5, 0.6) is 0 Å². The molecule has 0 bridgehead atoms. The normalized spacial score (nSPS) is 19.2. The van der Waals surface area contributed by atoms with Crippen molar-refractivity contribution in [1.29, 1.82) is 0 Å². The summed E-state index contributed by atoms with van der Waals surface area (Å²) in [6, 6.07) is 0. The molecular weight excluding hydrogens is 571 g/mol. The van der Waals surface area contributed by atoms with Crippen molar-refractivity contribution >= 4 is 96.8 Å². The van der Waals surface area contributed by atoms with Gasteiger partial charge in [0, 0.05) is 0 Å². The van der Waals surface area contributed by atoms with E-state index in [4.69, 9.17) is 0 Å². The molecule has 0 rings (SSSR count). The van der Waals surface area contributed by atoms with Crippen molar-refractivity contribution in [2.75, 3.05) is 0 Å². The Balaban J connectivity index is 3.73. The van der Waals surface area contributed by atoms with Crippen LogP contribution >= 0.6 is 96.8 Å². The fourth-order valence-electron chi connectivity index (χ4n) is 0. The summed E-state index contributed by atoms with van der Waals surface area (Å²) in [4.78, 5) is 0. The van der Waals surface area contributed by atoms with Gasteiger partial charge in [0.05, 0.1) is 0 Å². The quantitative estimate of drug-likeness (QED) is 0.242. The van der Waals surface area contributed by atoms with Crippen molar-refractivity contribution in [3.63, 3.8) is 0 Å². The molecule has 0 aromatic heterocycles. The van der Waals surface area contributed by atoms with Crippen LogP contribution in [-0.2, 0) is 0 Å². The number of thiol groups is 1. The Labute approximate surface area is 94.4 Å². The van der Waals surface area contributed by atoms with E-state index in [1.54, 1.807) is 0 Å². The van der Waals surface area contributed by atoms with Crippen molar-refractivity contribution in [3.05, 3.63) is 0 Å². The Morgan fingerprint density at radius 2 is 1.00 bits per heavy atom. The molecule has 0 saturated heterocycles. The van der Waals surface area contributed by atoms with E-state index in [-0.39, 0.29) is 0 Å². The molecule has 0 aromatic rings. The summed E-state index contributed by atoms with van der Waals surface area (Å²) in [6.07, 6.45) is 0. The number of hydrogen-bond donors (Lipinski definition) is 1. The van der Waals surface area contributed by atoms with Crippen molar-refractivity contribution < 1.29 is 0 Å². The Hall–Kier alpha value is 3.70. The Kier molecular flexibility index (Phi) is 4.44. The van der Waals surface area contributed by atoms with E-state index in [1.165, 1.54) is 0 Å². The number of halogens is 4. The maximum atomic E-state index is 4.36. The molecule has 0 aliphatic rings. The molecule has 6 heavy (non-hydrogen) atoms. The summed E-state index contributed by atoms with van der Waals surface area (Å²) >= 11 is 13.8. The molecule has 0 radical (unpaired) electrons. The second kappa shape index (κ2) is 2.75. The van der Waals surface area contributed by atoms with Crippen LogP contribution in [0.4, 0.5) is 0 Å². The molecule has 0 aromatic carbocycles. The van der Waals surface area contributed by atoms with Crippen LogP contribution in [0.3, 0.4) is 0 Å². The molecule has 0 heterocycles. The fourth-order valence-corrected chi connectivity index (χ4v) is 0. The Morgan fingerprint density at radius 1 is 1.00 bits per heavy atom. The van der Waals surface area contributed by atoms with Gasteiger partial charge in [0.25, 0.3) is 0 Å². The van der Waals surface area contributed by atoms with Gasteiger partial charge in [-0.25, -0.2) is 0 Å². The van der Waals surface area contributed by atoms with Crippen molar-refractivity contribution in [3.8, 4) is 0 Å². The van der Waals surface area contributed by atoms with Crippen LogP contribution in [0.15, 0.2) is 0 Å². The minimum absolute atomic E-state index is 1.48. The summed E-state index contributed by atoms with van der Waals surface area (Å²) in [5, 5.41) is 0. The summed E-state index contributed by atoms with van der Waals surface area (Å²) in [6.45, 7) is 0. The van der Waals surface area contributed by atoms with Crippen LogP contribution in [0, 0.1) is 0 Å². The first kappa shape index (κ1) is 9.70. The van der Waals surface area contributed by atoms with Gasteiger partial charge in [-0.2, -0.15) is 0 Å².